The molecule has 0 bridgehead atoms. The number of hydrogen-bond acceptors (Lipinski definition) is 4. The SMILES string of the molecule is Cc1ccccc1C(=O)NC(=S)Nc1ccc(OCC2CCCO2)cc1. The van der Waals surface area contributed by atoms with Gasteiger partial charge in [-0.05, 0) is 67.9 Å². The van der Waals surface area contributed by atoms with Gasteiger partial charge in [0.05, 0.1) is 6.10 Å². The molecular weight excluding hydrogens is 348 g/mol. The molecule has 1 unspecified atom stereocenters. The van der Waals surface area contributed by atoms with E-state index in [2.05, 4.69) is 10.6 Å². The van der Waals surface area contributed by atoms with Crippen molar-refractivity contribution >= 4 is 28.9 Å². The molecule has 136 valence electrons. The Hall–Kier alpha value is -2.44. The van der Waals surface area contributed by atoms with Crippen LogP contribution >= 0.6 is 12.2 Å². The summed E-state index contributed by atoms with van der Waals surface area (Å²) in [6.07, 6.45) is 2.34. The predicted octanol–water partition coefficient (Wildman–Crippen LogP) is 3.68. The fourth-order valence-electron chi connectivity index (χ4n) is 2.76. The highest BCUT2D eigenvalue weighted by Gasteiger charge is 2.16. The average Bonchev–Trinajstić information content (AvgIpc) is 3.15. The minimum atomic E-state index is -0.225. The lowest BCUT2D eigenvalue weighted by Crippen LogP contribution is -2.34. The Morgan fingerprint density at radius 2 is 2.00 bits per heavy atom. The van der Waals surface area contributed by atoms with Crippen molar-refractivity contribution in [3.63, 3.8) is 0 Å². The Morgan fingerprint density at radius 3 is 2.69 bits per heavy atom. The van der Waals surface area contributed by atoms with Crippen molar-refractivity contribution in [1.29, 1.82) is 0 Å². The lowest BCUT2D eigenvalue weighted by Gasteiger charge is -2.13. The van der Waals surface area contributed by atoms with Crippen LogP contribution in [0.1, 0.15) is 28.8 Å². The summed E-state index contributed by atoms with van der Waals surface area (Å²) >= 11 is 5.22. The molecule has 0 aliphatic carbocycles. The molecule has 1 aliphatic rings. The van der Waals surface area contributed by atoms with Gasteiger partial charge in [-0.1, -0.05) is 18.2 Å². The van der Waals surface area contributed by atoms with Gasteiger partial charge in [0.1, 0.15) is 12.4 Å². The Labute approximate surface area is 158 Å². The van der Waals surface area contributed by atoms with Gasteiger partial charge < -0.3 is 14.8 Å². The molecule has 0 spiro atoms. The van der Waals surface area contributed by atoms with E-state index in [9.17, 15) is 4.79 Å². The number of ether oxygens (including phenoxy) is 2. The molecule has 1 saturated heterocycles. The molecule has 1 amide bonds. The summed E-state index contributed by atoms with van der Waals surface area (Å²) in [6, 6.07) is 14.8. The smallest absolute Gasteiger partial charge is 0.257 e. The van der Waals surface area contributed by atoms with Crippen molar-refractivity contribution < 1.29 is 14.3 Å². The third-order valence-corrected chi connectivity index (χ3v) is 4.39. The largest absolute Gasteiger partial charge is 0.491 e. The minimum Gasteiger partial charge on any atom is -0.491 e. The van der Waals surface area contributed by atoms with Gasteiger partial charge in [-0.25, -0.2) is 0 Å². The van der Waals surface area contributed by atoms with Gasteiger partial charge in [0.15, 0.2) is 5.11 Å². The summed E-state index contributed by atoms with van der Waals surface area (Å²) in [6.45, 7) is 3.28. The van der Waals surface area contributed by atoms with Crippen LogP contribution in [0.2, 0.25) is 0 Å². The lowest BCUT2D eigenvalue weighted by atomic mass is 10.1. The van der Waals surface area contributed by atoms with Crippen LogP contribution in [0.15, 0.2) is 48.5 Å². The minimum absolute atomic E-state index is 0.192. The molecule has 1 heterocycles. The monoisotopic (exact) mass is 370 g/mol. The number of benzene rings is 2. The molecule has 1 aliphatic heterocycles. The number of thiocarbonyl (C=S) groups is 1. The molecule has 26 heavy (non-hydrogen) atoms. The first kappa shape index (κ1) is 18.4. The van der Waals surface area contributed by atoms with Gasteiger partial charge in [-0.2, -0.15) is 0 Å². The molecule has 0 saturated carbocycles. The van der Waals surface area contributed by atoms with Gasteiger partial charge in [0.2, 0.25) is 0 Å². The highest BCUT2D eigenvalue weighted by molar-refractivity contribution is 7.80. The third-order valence-electron chi connectivity index (χ3n) is 4.19. The number of amides is 1. The number of nitrogens with one attached hydrogen (secondary N) is 2. The molecular formula is C20H22N2O3S. The van der Waals surface area contributed by atoms with E-state index in [1.54, 1.807) is 6.07 Å². The molecule has 2 aromatic carbocycles. The highest BCUT2D eigenvalue weighted by Crippen LogP contribution is 2.18. The van der Waals surface area contributed by atoms with Crippen molar-refractivity contribution in [2.45, 2.75) is 25.9 Å². The summed E-state index contributed by atoms with van der Waals surface area (Å²) < 4.78 is 11.3. The van der Waals surface area contributed by atoms with E-state index in [4.69, 9.17) is 21.7 Å². The van der Waals surface area contributed by atoms with Crippen LogP contribution < -0.4 is 15.4 Å². The Kier molecular flexibility index (Phi) is 6.20. The van der Waals surface area contributed by atoms with Crippen LogP contribution in [0.25, 0.3) is 0 Å². The number of rotatable bonds is 5. The molecule has 1 atom stereocenters. The van der Waals surface area contributed by atoms with Crippen LogP contribution in [0.4, 0.5) is 5.69 Å². The van der Waals surface area contributed by atoms with E-state index in [0.29, 0.717) is 12.2 Å². The first-order chi connectivity index (χ1) is 12.6. The second-order valence-electron chi connectivity index (χ2n) is 6.19. The van der Waals surface area contributed by atoms with E-state index in [1.807, 2.05) is 49.4 Å². The Bertz CT molecular complexity index is 771. The number of carbonyl (C=O) groups is 1. The van der Waals surface area contributed by atoms with Crippen molar-refractivity contribution in [2.24, 2.45) is 0 Å². The molecule has 2 N–H and O–H groups in total. The predicted molar refractivity (Wildman–Crippen MR) is 106 cm³/mol. The van der Waals surface area contributed by atoms with Gasteiger partial charge in [0.25, 0.3) is 5.91 Å². The number of hydrogen-bond donors (Lipinski definition) is 2. The van der Waals surface area contributed by atoms with Gasteiger partial charge in [0, 0.05) is 17.9 Å². The number of anilines is 1. The topological polar surface area (TPSA) is 59.6 Å². The van der Waals surface area contributed by atoms with Crippen LogP contribution in [0.5, 0.6) is 5.75 Å². The summed E-state index contributed by atoms with van der Waals surface area (Å²) in [5.74, 6) is 0.554. The maximum Gasteiger partial charge on any atom is 0.257 e. The average molecular weight is 370 g/mol. The second kappa shape index (κ2) is 8.78. The van der Waals surface area contributed by atoms with Crippen LogP contribution in [-0.2, 0) is 4.74 Å². The maximum absolute atomic E-state index is 12.3. The summed E-state index contributed by atoms with van der Waals surface area (Å²) in [4.78, 5) is 12.3. The van der Waals surface area contributed by atoms with Crippen LogP contribution in [0, 0.1) is 6.92 Å². The maximum atomic E-state index is 12.3. The van der Waals surface area contributed by atoms with Gasteiger partial charge in [-0.3, -0.25) is 10.1 Å². The normalized spacial score (nSPS) is 16.1. The molecule has 3 rings (SSSR count). The first-order valence-electron chi connectivity index (χ1n) is 8.64. The second-order valence-corrected chi connectivity index (χ2v) is 6.60. The lowest BCUT2D eigenvalue weighted by molar-refractivity contribution is 0.0679. The van der Waals surface area contributed by atoms with Crippen LogP contribution in [-0.4, -0.2) is 30.3 Å². The van der Waals surface area contributed by atoms with Gasteiger partial charge in [-0.15, -0.1) is 0 Å². The standard InChI is InChI=1S/C20H22N2O3S/c1-14-5-2-3-7-18(14)19(23)22-20(26)21-15-8-10-16(11-9-15)25-13-17-6-4-12-24-17/h2-3,5,7-11,17H,4,6,12-13H2,1H3,(H2,21,22,23,26). The molecule has 0 radical (unpaired) electrons. The molecule has 6 heteroatoms. The third kappa shape index (κ3) is 5.03. The fourth-order valence-corrected chi connectivity index (χ4v) is 2.97. The van der Waals surface area contributed by atoms with Crippen molar-refractivity contribution in [3.8, 4) is 5.75 Å². The summed E-state index contributed by atoms with van der Waals surface area (Å²) in [5.41, 5.74) is 2.29. The Morgan fingerprint density at radius 1 is 1.23 bits per heavy atom. The first-order valence-corrected chi connectivity index (χ1v) is 9.05. The molecule has 2 aromatic rings. The van der Waals surface area contributed by atoms with Crippen LogP contribution in [0.3, 0.4) is 0 Å². The summed E-state index contributed by atoms with van der Waals surface area (Å²) in [5, 5.41) is 5.96. The molecule has 0 aromatic heterocycles. The van der Waals surface area contributed by atoms with Crippen molar-refractivity contribution in [3.05, 3.63) is 59.7 Å². The quantitative estimate of drug-likeness (QED) is 0.787. The van der Waals surface area contributed by atoms with E-state index >= 15 is 0 Å². The van der Waals surface area contributed by atoms with E-state index in [0.717, 1.165) is 36.4 Å². The zero-order valence-corrected chi connectivity index (χ0v) is 15.5. The van der Waals surface area contributed by atoms with Crippen molar-refractivity contribution in [1.82, 2.24) is 5.32 Å². The zero-order valence-electron chi connectivity index (χ0n) is 14.7. The number of carbonyl (C=O) groups excluding carboxylic acids is 1. The highest BCUT2D eigenvalue weighted by atomic mass is 32.1. The fraction of sp³-hybridized carbons (Fsp3) is 0.300. The Balaban J connectivity index is 1.49. The van der Waals surface area contributed by atoms with E-state index in [-0.39, 0.29) is 17.1 Å². The molecule has 5 nitrogen and oxygen atoms in total. The molecule has 1 fully saturated rings. The van der Waals surface area contributed by atoms with Crippen molar-refractivity contribution in [2.75, 3.05) is 18.5 Å². The van der Waals surface area contributed by atoms with E-state index < -0.39 is 0 Å². The van der Waals surface area contributed by atoms with E-state index in [1.165, 1.54) is 0 Å². The summed E-state index contributed by atoms with van der Waals surface area (Å²) in [7, 11) is 0. The van der Waals surface area contributed by atoms with Gasteiger partial charge >= 0.3 is 0 Å². The zero-order chi connectivity index (χ0) is 18.4. The number of aryl methyl sites for hydroxylation is 1.